The second kappa shape index (κ2) is 5.46. The van der Waals surface area contributed by atoms with Gasteiger partial charge in [0.05, 0.1) is 22.4 Å². The molecule has 0 saturated carbocycles. The van der Waals surface area contributed by atoms with Gasteiger partial charge in [0.1, 0.15) is 0 Å². The molecule has 2 aromatic heterocycles. The third-order valence-electron chi connectivity index (χ3n) is 3.29. The first-order valence-electron chi connectivity index (χ1n) is 5.99. The molecule has 2 aromatic rings. The van der Waals surface area contributed by atoms with E-state index in [1.807, 2.05) is 11.6 Å². The summed E-state index contributed by atoms with van der Waals surface area (Å²) in [5, 5.41) is 10.5. The van der Waals surface area contributed by atoms with Crippen molar-refractivity contribution in [2.75, 3.05) is 13.1 Å². The lowest BCUT2D eigenvalue weighted by Gasteiger charge is -2.31. The summed E-state index contributed by atoms with van der Waals surface area (Å²) < 4.78 is 7.03. The minimum Gasteiger partial charge on any atom is -0.297 e. The molecule has 1 aliphatic rings. The highest BCUT2D eigenvalue weighted by Crippen LogP contribution is 2.24. The van der Waals surface area contributed by atoms with Crippen LogP contribution < -0.4 is 0 Å². The molecular formula is C11H14BrN5S. The minimum absolute atomic E-state index is 0.529. The smallest absolute Gasteiger partial charge is 0.0895 e. The molecule has 5 nitrogen and oxygen atoms in total. The number of hydrogen-bond acceptors (Lipinski definition) is 5. The molecule has 1 fully saturated rings. The Morgan fingerprint density at radius 2 is 2.22 bits per heavy atom. The second-order valence-electron chi connectivity index (χ2n) is 4.54. The Kier molecular flexibility index (Phi) is 3.72. The molecule has 0 N–H and O–H groups in total. The Balaban J connectivity index is 1.55. The van der Waals surface area contributed by atoms with Crippen LogP contribution in [0.1, 0.15) is 24.6 Å². The maximum Gasteiger partial charge on any atom is 0.0895 e. The molecule has 1 aliphatic heterocycles. The minimum atomic E-state index is 0.529. The van der Waals surface area contributed by atoms with Crippen LogP contribution in [0.2, 0.25) is 0 Å². The molecule has 3 heterocycles. The van der Waals surface area contributed by atoms with E-state index >= 15 is 0 Å². The highest BCUT2D eigenvalue weighted by atomic mass is 79.9. The molecule has 0 amide bonds. The van der Waals surface area contributed by atoms with Crippen molar-refractivity contribution in [3.63, 3.8) is 0 Å². The first kappa shape index (κ1) is 12.3. The van der Waals surface area contributed by atoms with Crippen molar-refractivity contribution in [2.45, 2.75) is 25.4 Å². The summed E-state index contributed by atoms with van der Waals surface area (Å²) in [6.07, 6.45) is 6.20. The lowest BCUT2D eigenvalue weighted by Crippen LogP contribution is -2.34. The lowest BCUT2D eigenvalue weighted by molar-refractivity contribution is 0.171. The van der Waals surface area contributed by atoms with Gasteiger partial charge in [0.15, 0.2) is 0 Å². The van der Waals surface area contributed by atoms with Crippen LogP contribution in [0.15, 0.2) is 22.2 Å². The van der Waals surface area contributed by atoms with E-state index in [-0.39, 0.29) is 0 Å². The summed E-state index contributed by atoms with van der Waals surface area (Å²) in [6.45, 7) is 3.12. The van der Waals surface area contributed by atoms with Gasteiger partial charge >= 0.3 is 0 Å². The van der Waals surface area contributed by atoms with Gasteiger partial charge in [-0.15, -0.1) is 5.10 Å². The largest absolute Gasteiger partial charge is 0.297 e. The molecule has 0 unspecified atom stereocenters. The maximum atomic E-state index is 4.37. The lowest BCUT2D eigenvalue weighted by atomic mass is 10.1. The van der Waals surface area contributed by atoms with E-state index in [1.54, 1.807) is 0 Å². The van der Waals surface area contributed by atoms with Crippen molar-refractivity contribution in [2.24, 2.45) is 0 Å². The maximum absolute atomic E-state index is 4.37. The highest BCUT2D eigenvalue weighted by Gasteiger charge is 2.21. The molecule has 1 saturated heterocycles. The average molecular weight is 328 g/mol. The number of nitrogens with zero attached hydrogens (tertiary/aromatic N) is 5. The number of aromatic nitrogens is 4. The number of rotatable bonds is 3. The number of likely N-dealkylation sites (tertiary alicyclic amines) is 1. The van der Waals surface area contributed by atoms with E-state index in [0.717, 1.165) is 42.6 Å². The van der Waals surface area contributed by atoms with Crippen molar-refractivity contribution >= 4 is 27.5 Å². The fourth-order valence-corrected chi connectivity index (χ4v) is 3.08. The summed E-state index contributed by atoms with van der Waals surface area (Å²) >= 11 is 4.86. The topological polar surface area (TPSA) is 46.8 Å². The molecular weight excluding hydrogens is 314 g/mol. The number of piperidine rings is 1. The van der Waals surface area contributed by atoms with Crippen molar-refractivity contribution in [1.82, 2.24) is 24.3 Å². The quantitative estimate of drug-likeness (QED) is 0.868. The molecule has 0 atom stereocenters. The molecule has 0 radical (unpaired) electrons. The number of halogens is 1. The van der Waals surface area contributed by atoms with Crippen molar-refractivity contribution < 1.29 is 0 Å². The van der Waals surface area contributed by atoms with Crippen LogP contribution in [0.4, 0.5) is 0 Å². The van der Waals surface area contributed by atoms with E-state index in [0.29, 0.717) is 6.04 Å². The zero-order chi connectivity index (χ0) is 12.4. The van der Waals surface area contributed by atoms with Gasteiger partial charge in [-0.2, -0.15) is 5.10 Å². The summed E-state index contributed by atoms with van der Waals surface area (Å²) in [4.78, 5) is 2.44. The van der Waals surface area contributed by atoms with Gasteiger partial charge in [0, 0.05) is 31.2 Å². The molecule has 0 bridgehead atoms. The monoisotopic (exact) mass is 327 g/mol. The third-order valence-corrected chi connectivity index (χ3v) is 4.25. The van der Waals surface area contributed by atoms with Crippen LogP contribution in [-0.2, 0) is 6.54 Å². The average Bonchev–Trinajstić information content (AvgIpc) is 3.02. The van der Waals surface area contributed by atoms with Crippen LogP contribution >= 0.6 is 27.5 Å². The van der Waals surface area contributed by atoms with E-state index in [1.165, 1.54) is 11.5 Å². The first-order valence-corrected chi connectivity index (χ1v) is 7.62. The van der Waals surface area contributed by atoms with E-state index in [9.17, 15) is 0 Å². The van der Waals surface area contributed by atoms with Gasteiger partial charge in [-0.1, -0.05) is 4.49 Å². The van der Waals surface area contributed by atoms with Gasteiger partial charge in [0.2, 0.25) is 0 Å². The third kappa shape index (κ3) is 2.78. The molecule has 0 aliphatic carbocycles. The van der Waals surface area contributed by atoms with Crippen molar-refractivity contribution in [3.05, 3.63) is 27.9 Å². The normalized spacial score (nSPS) is 18.3. The predicted octanol–water partition coefficient (Wildman–Crippen LogP) is 2.33. The van der Waals surface area contributed by atoms with Gasteiger partial charge in [-0.3, -0.25) is 9.58 Å². The van der Waals surface area contributed by atoms with Gasteiger partial charge in [0.25, 0.3) is 0 Å². The first-order chi connectivity index (χ1) is 8.81. The van der Waals surface area contributed by atoms with Crippen LogP contribution in [0.5, 0.6) is 0 Å². The zero-order valence-corrected chi connectivity index (χ0v) is 12.3. The van der Waals surface area contributed by atoms with Crippen LogP contribution in [0.3, 0.4) is 0 Å². The summed E-state index contributed by atoms with van der Waals surface area (Å²) in [5.74, 6) is 0. The standard InChI is InChI=1S/C11H14BrN5S/c12-9-5-13-17(6-9)11-1-3-16(4-2-11)7-10-8-18-15-14-10/h5-6,8,11H,1-4,7H2. The Bertz CT molecular complexity index is 489. The molecule has 0 spiro atoms. The summed E-state index contributed by atoms with van der Waals surface area (Å²) in [6, 6.07) is 0.529. The van der Waals surface area contributed by atoms with Crippen molar-refractivity contribution in [1.29, 1.82) is 0 Å². The Labute approximate surface area is 118 Å². The van der Waals surface area contributed by atoms with Crippen molar-refractivity contribution in [3.8, 4) is 0 Å². The van der Waals surface area contributed by atoms with Gasteiger partial charge in [-0.05, 0) is 40.3 Å². The van der Waals surface area contributed by atoms with Crippen LogP contribution in [-0.4, -0.2) is 37.4 Å². The predicted molar refractivity (Wildman–Crippen MR) is 73.4 cm³/mol. The Morgan fingerprint density at radius 3 is 2.83 bits per heavy atom. The SMILES string of the molecule is Brc1cnn(C2CCN(Cc3csnn3)CC2)c1. The molecule has 3 rings (SSSR count). The van der Waals surface area contributed by atoms with Gasteiger partial charge < -0.3 is 0 Å². The zero-order valence-electron chi connectivity index (χ0n) is 9.87. The summed E-state index contributed by atoms with van der Waals surface area (Å²) in [5.41, 5.74) is 1.08. The Hall–Kier alpha value is -0.790. The number of hydrogen-bond donors (Lipinski definition) is 0. The Morgan fingerprint density at radius 1 is 1.39 bits per heavy atom. The van der Waals surface area contributed by atoms with Gasteiger partial charge in [-0.25, -0.2) is 0 Å². The van der Waals surface area contributed by atoms with Crippen LogP contribution in [0.25, 0.3) is 0 Å². The second-order valence-corrected chi connectivity index (χ2v) is 6.07. The summed E-state index contributed by atoms with van der Waals surface area (Å²) in [7, 11) is 0. The molecule has 18 heavy (non-hydrogen) atoms. The fourth-order valence-electron chi connectivity index (χ4n) is 2.34. The van der Waals surface area contributed by atoms with Crippen LogP contribution in [0, 0.1) is 0 Å². The molecule has 7 heteroatoms. The van der Waals surface area contributed by atoms with E-state index < -0.39 is 0 Å². The highest BCUT2D eigenvalue weighted by molar-refractivity contribution is 9.10. The molecule has 96 valence electrons. The molecule has 0 aromatic carbocycles. The van der Waals surface area contributed by atoms with E-state index in [4.69, 9.17) is 0 Å². The fraction of sp³-hybridized carbons (Fsp3) is 0.545. The van der Waals surface area contributed by atoms with E-state index in [2.05, 4.69) is 46.4 Å².